The maximum absolute atomic E-state index is 14.5. The SMILES string of the molecule is COc1ccc(N2C(=O)NC(=O)[C@]3(Cc4cc([N+](=O)[O-])ccc4N4CCN(Cc5ccccc5)C[C@H]43)C2=O)cc1. The van der Waals surface area contributed by atoms with Crippen molar-refractivity contribution in [1.29, 1.82) is 0 Å². The predicted octanol–water partition coefficient (Wildman–Crippen LogP) is 3.12. The number of nitro benzene ring substituents is 1. The average molecular weight is 542 g/mol. The highest BCUT2D eigenvalue weighted by atomic mass is 16.6. The lowest BCUT2D eigenvalue weighted by molar-refractivity contribution is -0.384. The number of urea groups is 1. The van der Waals surface area contributed by atoms with E-state index in [0.717, 1.165) is 16.2 Å². The second-order valence-electron chi connectivity index (χ2n) is 10.2. The molecule has 3 aliphatic rings. The van der Waals surface area contributed by atoms with Crippen LogP contribution in [0, 0.1) is 15.5 Å². The Morgan fingerprint density at radius 3 is 2.48 bits per heavy atom. The van der Waals surface area contributed by atoms with Crippen LogP contribution in [0.2, 0.25) is 0 Å². The number of anilines is 2. The maximum Gasteiger partial charge on any atom is 0.335 e. The van der Waals surface area contributed by atoms with Crippen LogP contribution in [0.25, 0.3) is 0 Å². The molecule has 11 nitrogen and oxygen atoms in total. The number of amides is 4. The number of methoxy groups -OCH3 is 1. The highest BCUT2D eigenvalue weighted by molar-refractivity contribution is 6.30. The van der Waals surface area contributed by atoms with Crippen molar-refractivity contribution >= 4 is 34.9 Å². The number of nitrogens with one attached hydrogen (secondary N) is 1. The van der Waals surface area contributed by atoms with Crippen LogP contribution >= 0.6 is 0 Å². The molecule has 40 heavy (non-hydrogen) atoms. The Morgan fingerprint density at radius 1 is 1.02 bits per heavy atom. The molecule has 4 amide bonds. The quantitative estimate of drug-likeness (QED) is 0.297. The van der Waals surface area contributed by atoms with E-state index in [2.05, 4.69) is 10.2 Å². The van der Waals surface area contributed by atoms with Gasteiger partial charge in [-0.1, -0.05) is 30.3 Å². The minimum atomic E-state index is -1.69. The summed E-state index contributed by atoms with van der Waals surface area (Å²) in [6.45, 7) is 2.18. The van der Waals surface area contributed by atoms with Gasteiger partial charge < -0.3 is 9.64 Å². The van der Waals surface area contributed by atoms with E-state index in [-0.39, 0.29) is 12.1 Å². The van der Waals surface area contributed by atoms with Gasteiger partial charge in [0.15, 0.2) is 5.41 Å². The number of imide groups is 2. The summed E-state index contributed by atoms with van der Waals surface area (Å²) in [4.78, 5) is 57.7. The Labute approximate surface area is 230 Å². The van der Waals surface area contributed by atoms with Crippen LogP contribution in [-0.2, 0) is 22.6 Å². The number of non-ortho nitro benzene ring substituents is 1. The van der Waals surface area contributed by atoms with Crippen LogP contribution in [0.1, 0.15) is 11.1 Å². The molecule has 0 bridgehead atoms. The largest absolute Gasteiger partial charge is 0.497 e. The number of ether oxygens (including phenoxy) is 1. The first kappa shape index (κ1) is 25.5. The molecular weight excluding hydrogens is 514 g/mol. The molecule has 3 aromatic carbocycles. The Hall–Kier alpha value is -4.77. The summed E-state index contributed by atoms with van der Waals surface area (Å²) in [7, 11) is 1.51. The third kappa shape index (κ3) is 4.06. The number of rotatable bonds is 5. The van der Waals surface area contributed by atoms with E-state index in [1.165, 1.54) is 19.2 Å². The average Bonchev–Trinajstić information content (AvgIpc) is 2.96. The summed E-state index contributed by atoms with van der Waals surface area (Å²) < 4.78 is 5.21. The first-order valence-corrected chi connectivity index (χ1v) is 13.0. The number of fused-ring (bicyclic) bond motifs is 4. The van der Waals surface area contributed by atoms with E-state index in [4.69, 9.17) is 4.74 Å². The van der Waals surface area contributed by atoms with E-state index < -0.39 is 34.2 Å². The first-order chi connectivity index (χ1) is 19.3. The van der Waals surface area contributed by atoms with Crippen LogP contribution in [0.5, 0.6) is 5.75 Å². The van der Waals surface area contributed by atoms with Crippen LogP contribution < -0.4 is 19.9 Å². The molecule has 3 aliphatic heterocycles. The minimum absolute atomic E-state index is 0.0744. The van der Waals surface area contributed by atoms with Gasteiger partial charge in [0.1, 0.15) is 5.75 Å². The third-order valence-electron chi connectivity index (χ3n) is 8.08. The molecule has 6 rings (SSSR count). The number of benzene rings is 3. The lowest BCUT2D eigenvalue weighted by Crippen LogP contribution is -2.75. The number of carbonyl (C=O) groups excluding carboxylic acids is 3. The first-order valence-electron chi connectivity index (χ1n) is 13.0. The topological polar surface area (TPSA) is 125 Å². The zero-order valence-corrected chi connectivity index (χ0v) is 21.8. The smallest absolute Gasteiger partial charge is 0.335 e. The molecule has 0 aromatic heterocycles. The number of nitrogens with zero attached hydrogens (tertiary/aromatic N) is 4. The lowest BCUT2D eigenvalue weighted by atomic mass is 9.67. The normalized spacial score (nSPS) is 22.5. The van der Waals surface area contributed by atoms with Gasteiger partial charge in [-0.25, -0.2) is 9.69 Å². The summed E-state index contributed by atoms with van der Waals surface area (Å²) in [5.41, 5.74) is 0.867. The molecule has 11 heteroatoms. The van der Waals surface area contributed by atoms with Crippen LogP contribution in [0.4, 0.5) is 21.9 Å². The summed E-state index contributed by atoms with van der Waals surface area (Å²) in [6, 6.07) is 19.5. The van der Waals surface area contributed by atoms with Gasteiger partial charge in [-0.3, -0.25) is 29.9 Å². The molecule has 2 saturated heterocycles. The van der Waals surface area contributed by atoms with Crippen LogP contribution in [0.15, 0.2) is 72.8 Å². The van der Waals surface area contributed by atoms with Gasteiger partial charge in [0, 0.05) is 50.4 Å². The van der Waals surface area contributed by atoms with E-state index in [1.807, 2.05) is 35.2 Å². The van der Waals surface area contributed by atoms with E-state index in [1.54, 1.807) is 30.3 Å². The van der Waals surface area contributed by atoms with Crippen molar-refractivity contribution in [2.45, 2.75) is 19.0 Å². The van der Waals surface area contributed by atoms with Gasteiger partial charge in [0.25, 0.3) is 11.6 Å². The predicted molar refractivity (Wildman–Crippen MR) is 146 cm³/mol. The second kappa shape index (κ2) is 9.76. The summed E-state index contributed by atoms with van der Waals surface area (Å²) in [5.74, 6) is -0.797. The third-order valence-corrected chi connectivity index (χ3v) is 8.08. The maximum atomic E-state index is 14.5. The summed E-state index contributed by atoms with van der Waals surface area (Å²) in [5, 5.41) is 14.0. The Bertz CT molecular complexity index is 1510. The molecular formula is C29H27N5O6. The highest BCUT2D eigenvalue weighted by Crippen LogP contribution is 2.47. The number of barbiturate groups is 1. The molecule has 3 aromatic rings. The van der Waals surface area contributed by atoms with Crippen LogP contribution in [0.3, 0.4) is 0 Å². The van der Waals surface area contributed by atoms with Crippen molar-refractivity contribution in [3.8, 4) is 5.75 Å². The Kier molecular flexibility index (Phi) is 6.22. The van der Waals surface area contributed by atoms with Gasteiger partial charge in [-0.2, -0.15) is 0 Å². The molecule has 0 radical (unpaired) electrons. The van der Waals surface area contributed by atoms with E-state index >= 15 is 0 Å². The number of piperazine rings is 1. The molecule has 1 spiro atoms. The van der Waals surface area contributed by atoms with Gasteiger partial charge in [-0.15, -0.1) is 0 Å². The number of nitro groups is 1. The fourth-order valence-corrected chi connectivity index (χ4v) is 6.13. The molecule has 2 atom stereocenters. The Morgan fingerprint density at radius 2 is 1.77 bits per heavy atom. The molecule has 1 N–H and O–H groups in total. The summed E-state index contributed by atoms with van der Waals surface area (Å²) >= 11 is 0. The van der Waals surface area contributed by atoms with Crippen molar-refractivity contribution < 1.29 is 24.0 Å². The van der Waals surface area contributed by atoms with E-state index in [9.17, 15) is 24.5 Å². The lowest BCUT2D eigenvalue weighted by Gasteiger charge is -2.55. The monoisotopic (exact) mass is 541 g/mol. The number of hydrogen-bond donors (Lipinski definition) is 1. The van der Waals surface area contributed by atoms with Crippen molar-refractivity contribution in [2.75, 3.05) is 36.5 Å². The van der Waals surface area contributed by atoms with Crippen LogP contribution in [-0.4, -0.2) is 60.5 Å². The fourth-order valence-electron chi connectivity index (χ4n) is 6.13. The minimum Gasteiger partial charge on any atom is -0.497 e. The Balaban J connectivity index is 1.45. The van der Waals surface area contributed by atoms with Gasteiger partial charge in [0.2, 0.25) is 5.91 Å². The fraction of sp³-hybridized carbons (Fsp3) is 0.276. The van der Waals surface area contributed by atoms with Crippen molar-refractivity contribution in [3.05, 3.63) is 94.0 Å². The van der Waals surface area contributed by atoms with Crippen molar-refractivity contribution in [2.24, 2.45) is 5.41 Å². The molecule has 3 heterocycles. The summed E-state index contributed by atoms with van der Waals surface area (Å²) in [6.07, 6.45) is -0.0744. The number of hydrogen-bond acceptors (Lipinski definition) is 8. The number of carbonyl (C=O) groups is 3. The molecule has 0 saturated carbocycles. The van der Waals surface area contributed by atoms with Gasteiger partial charge in [0.05, 0.1) is 23.8 Å². The zero-order valence-electron chi connectivity index (χ0n) is 21.8. The standard InChI is InChI=1S/C29H27N5O6/c1-40-23-10-7-21(8-11-23)33-27(36)29(26(35)30-28(33)37)16-20-15-22(34(38)39)9-12-24(20)32-14-13-31(18-25(29)32)17-19-5-3-2-4-6-19/h2-12,15,25H,13-14,16-18H2,1H3,(H,30,35,37)/t25-,29+/m0/s1. The van der Waals surface area contributed by atoms with E-state index in [0.29, 0.717) is 43.2 Å². The van der Waals surface area contributed by atoms with Gasteiger partial charge in [-0.05, 0) is 41.5 Å². The molecule has 2 fully saturated rings. The highest BCUT2D eigenvalue weighted by Gasteiger charge is 2.63. The van der Waals surface area contributed by atoms with Crippen molar-refractivity contribution in [3.63, 3.8) is 0 Å². The second-order valence-corrected chi connectivity index (χ2v) is 10.2. The van der Waals surface area contributed by atoms with Gasteiger partial charge >= 0.3 is 6.03 Å². The molecule has 0 aliphatic carbocycles. The van der Waals surface area contributed by atoms with Crippen molar-refractivity contribution in [1.82, 2.24) is 10.2 Å². The molecule has 0 unspecified atom stereocenters. The zero-order chi connectivity index (χ0) is 28.0. The molecule has 204 valence electrons.